The molecule has 0 saturated carbocycles. The van der Waals surface area contributed by atoms with Crippen LogP contribution in [0.3, 0.4) is 0 Å². The fourth-order valence-corrected chi connectivity index (χ4v) is 3.15. The Morgan fingerprint density at radius 3 is 2.48 bits per heavy atom. The zero-order chi connectivity index (χ0) is 15.6. The molecule has 7 heteroatoms. The lowest BCUT2D eigenvalue weighted by molar-refractivity contribution is 0.412. The lowest BCUT2D eigenvalue weighted by atomic mass is 10.2. The predicted molar refractivity (Wildman–Crippen MR) is 84.4 cm³/mol. The molecule has 5 nitrogen and oxygen atoms in total. The van der Waals surface area contributed by atoms with Crippen molar-refractivity contribution in [2.24, 2.45) is 0 Å². The molecule has 0 aliphatic heterocycles. The maximum atomic E-state index is 12.3. The maximum Gasteiger partial charge on any atom is 0.261 e. The average molecular weight is 327 g/mol. The maximum absolute atomic E-state index is 12.3. The fraction of sp³-hybridized carbons (Fsp3) is 0.143. The van der Waals surface area contributed by atoms with Gasteiger partial charge < -0.3 is 10.5 Å². The van der Waals surface area contributed by atoms with Crippen molar-refractivity contribution in [3.8, 4) is 5.75 Å². The molecule has 2 rings (SSSR count). The van der Waals surface area contributed by atoms with Gasteiger partial charge in [0, 0.05) is 5.69 Å². The van der Waals surface area contributed by atoms with Crippen LogP contribution in [0.15, 0.2) is 41.3 Å². The molecule has 0 aliphatic rings. The third kappa shape index (κ3) is 3.40. The number of hydrogen-bond acceptors (Lipinski definition) is 4. The van der Waals surface area contributed by atoms with Crippen molar-refractivity contribution in [2.45, 2.75) is 11.8 Å². The van der Waals surface area contributed by atoms with E-state index < -0.39 is 10.0 Å². The first kappa shape index (κ1) is 15.5. The zero-order valence-corrected chi connectivity index (χ0v) is 13.1. The van der Waals surface area contributed by atoms with Crippen molar-refractivity contribution >= 4 is 33.0 Å². The number of nitrogen functional groups attached to an aromatic ring is 1. The number of benzene rings is 2. The average Bonchev–Trinajstić information content (AvgIpc) is 2.41. The summed E-state index contributed by atoms with van der Waals surface area (Å²) in [5.41, 5.74) is 7.18. The molecule has 0 amide bonds. The lowest BCUT2D eigenvalue weighted by Crippen LogP contribution is -2.13. The SMILES string of the molecule is COc1ccc(NS(=O)(=O)c2ccc(N)c(Cl)c2)cc1C. The normalized spacial score (nSPS) is 11.2. The van der Waals surface area contributed by atoms with E-state index in [0.29, 0.717) is 17.1 Å². The summed E-state index contributed by atoms with van der Waals surface area (Å²) < 4.78 is 32.2. The molecule has 0 atom stereocenters. The van der Waals surface area contributed by atoms with Gasteiger partial charge in [-0.3, -0.25) is 4.72 Å². The largest absolute Gasteiger partial charge is 0.496 e. The molecule has 0 radical (unpaired) electrons. The molecular weight excluding hydrogens is 312 g/mol. The van der Waals surface area contributed by atoms with Gasteiger partial charge in [0.05, 0.1) is 22.7 Å². The topological polar surface area (TPSA) is 81.4 Å². The van der Waals surface area contributed by atoms with Crippen LogP contribution in [0.25, 0.3) is 0 Å². The highest BCUT2D eigenvalue weighted by Gasteiger charge is 2.16. The molecule has 0 bridgehead atoms. The first-order chi connectivity index (χ1) is 9.83. The van der Waals surface area contributed by atoms with E-state index in [1.165, 1.54) is 18.2 Å². The Kier molecular flexibility index (Phi) is 4.29. The third-order valence-corrected chi connectivity index (χ3v) is 4.64. The number of ether oxygens (including phenoxy) is 1. The molecule has 2 aromatic rings. The van der Waals surface area contributed by atoms with Crippen molar-refractivity contribution in [2.75, 3.05) is 17.6 Å². The minimum absolute atomic E-state index is 0.0511. The Morgan fingerprint density at radius 2 is 1.90 bits per heavy atom. The number of methoxy groups -OCH3 is 1. The first-order valence-electron chi connectivity index (χ1n) is 6.06. The summed E-state index contributed by atoms with van der Waals surface area (Å²) in [5.74, 6) is 0.688. The van der Waals surface area contributed by atoms with E-state index in [0.717, 1.165) is 5.56 Å². The summed E-state index contributed by atoms with van der Waals surface area (Å²) >= 11 is 5.85. The number of halogens is 1. The van der Waals surface area contributed by atoms with Crippen LogP contribution in [0.2, 0.25) is 5.02 Å². The summed E-state index contributed by atoms with van der Waals surface area (Å²) in [6.07, 6.45) is 0. The molecule has 0 spiro atoms. The molecule has 3 N–H and O–H groups in total. The number of rotatable bonds is 4. The van der Waals surface area contributed by atoms with Gasteiger partial charge in [0.1, 0.15) is 5.75 Å². The molecule has 0 aromatic heterocycles. The van der Waals surface area contributed by atoms with Gasteiger partial charge in [-0.05, 0) is 48.9 Å². The van der Waals surface area contributed by atoms with Gasteiger partial charge in [0.25, 0.3) is 10.0 Å². The molecule has 112 valence electrons. The van der Waals surface area contributed by atoms with Crippen LogP contribution < -0.4 is 15.2 Å². The van der Waals surface area contributed by atoms with E-state index in [9.17, 15) is 8.42 Å². The van der Waals surface area contributed by atoms with Gasteiger partial charge in [-0.25, -0.2) is 8.42 Å². The van der Waals surface area contributed by atoms with E-state index in [1.54, 1.807) is 25.3 Å². The summed E-state index contributed by atoms with van der Waals surface area (Å²) in [5, 5.41) is 0.198. The van der Waals surface area contributed by atoms with Crippen LogP contribution in [0.1, 0.15) is 5.56 Å². The van der Waals surface area contributed by atoms with Gasteiger partial charge in [-0.1, -0.05) is 11.6 Å². The zero-order valence-electron chi connectivity index (χ0n) is 11.6. The Bertz CT molecular complexity index is 776. The standard InChI is InChI=1S/C14H15ClN2O3S/c1-9-7-10(3-6-14(9)20-2)17-21(18,19)11-4-5-13(16)12(15)8-11/h3-8,17H,16H2,1-2H3. The van der Waals surface area contributed by atoms with Crippen LogP contribution >= 0.6 is 11.6 Å². The van der Waals surface area contributed by atoms with E-state index in [2.05, 4.69) is 4.72 Å². The third-order valence-electron chi connectivity index (χ3n) is 2.93. The highest BCUT2D eigenvalue weighted by Crippen LogP contribution is 2.26. The summed E-state index contributed by atoms with van der Waals surface area (Å²) in [6.45, 7) is 1.83. The van der Waals surface area contributed by atoms with Crippen LogP contribution in [0.5, 0.6) is 5.75 Å². The van der Waals surface area contributed by atoms with E-state index in [4.69, 9.17) is 22.1 Å². The van der Waals surface area contributed by atoms with Gasteiger partial charge >= 0.3 is 0 Å². The Hall–Kier alpha value is -1.92. The summed E-state index contributed by atoms with van der Waals surface area (Å²) in [6, 6.07) is 9.19. The number of hydrogen-bond donors (Lipinski definition) is 2. The molecule has 2 aromatic carbocycles. The predicted octanol–water partition coefficient (Wildman–Crippen LogP) is 3.04. The second kappa shape index (κ2) is 5.83. The molecule has 0 heterocycles. The van der Waals surface area contributed by atoms with Crippen LogP contribution in [-0.2, 0) is 10.0 Å². The summed E-state index contributed by atoms with van der Waals surface area (Å²) in [7, 11) is -2.16. The second-order valence-electron chi connectivity index (χ2n) is 4.47. The molecule has 0 fully saturated rings. The van der Waals surface area contributed by atoms with E-state index >= 15 is 0 Å². The van der Waals surface area contributed by atoms with Crippen LogP contribution in [-0.4, -0.2) is 15.5 Å². The van der Waals surface area contributed by atoms with Crippen molar-refractivity contribution in [3.05, 3.63) is 47.0 Å². The van der Waals surface area contributed by atoms with Gasteiger partial charge in [0.15, 0.2) is 0 Å². The van der Waals surface area contributed by atoms with Gasteiger partial charge in [-0.15, -0.1) is 0 Å². The van der Waals surface area contributed by atoms with Crippen molar-refractivity contribution in [3.63, 3.8) is 0 Å². The smallest absolute Gasteiger partial charge is 0.261 e. The number of nitrogens with one attached hydrogen (secondary N) is 1. The first-order valence-corrected chi connectivity index (χ1v) is 7.92. The molecule has 0 aliphatic carbocycles. The van der Waals surface area contributed by atoms with Gasteiger partial charge in [-0.2, -0.15) is 0 Å². The number of aryl methyl sites for hydroxylation is 1. The molecule has 0 unspecified atom stereocenters. The Morgan fingerprint density at radius 1 is 1.19 bits per heavy atom. The van der Waals surface area contributed by atoms with E-state index in [1.807, 2.05) is 6.92 Å². The van der Waals surface area contributed by atoms with Crippen molar-refractivity contribution < 1.29 is 13.2 Å². The Balaban J connectivity index is 2.32. The fourth-order valence-electron chi connectivity index (χ4n) is 1.83. The quantitative estimate of drug-likeness (QED) is 0.846. The number of nitrogens with two attached hydrogens (primary N) is 1. The molecule has 21 heavy (non-hydrogen) atoms. The van der Waals surface area contributed by atoms with Crippen molar-refractivity contribution in [1.29, 1.82) is 0 Å². The van der Waals surface area contributed by atoms with Crippen LogP contribution in [0, 0.1) is 6.92 Å². The number of anilines is 2. The highest BCUT2D eigenvalue weighted by atomic mass is 35.5. The van der Waals surface area contributed by atoms with Gasteiger partial charge in [0.2, 0.25) is 0 Å². The molecule has 0 saturated heterocycles. The minimum Gasteiger partial charge on any atom is -0.496 e. The number of sulfonamides is 1. The van der Waals surface area contributed by atoms with E-state index in [-0.39, 0.29) is 9.92 Å². The minimum atomic E-state index is -3.72. The monoisotopic (exact) mass is 326 g/mol. The van der Waals surface area contributed by atoms with Crippen LogP contribution in [0.4, 0.5) is 11.4 Å². The Labute approximate surface area is 128 Å². The molecular formula is C14H15ClN2O3S. The summed E-state index contributed by atoms with van der Waals surface area (Å²) in [4.78, 5) is 0.0511. The highest BCUT2D eigenvalue weighted by molar-refractivity contribution is 7.92. The lowest BCUT2D eigenvalue weighted by Gasteiger charge is -2.11. The second-order valence-corrected chi connectivity index (χ2v) is 6.56. The van der Waals surface area contributed by atoms with Crippen molar-refractivity contribution in [1.82, 2.24) is 0 Å².